The van der Waals surface area contributed by atoms with Crippen LogP contribution in [0.4, 0.5) is 0 Å². The predicted molar refractivity (Wildman–Crippen MR) is 75.2 cm³/mol. The van der Waals surface area contributed by atoms with E-state index in [1.54, 1.807) is 0 Å². The van der Waals surface area contributed by atoms with Crippen LogP contribution < -0.4 is 5.73 Å². The third-order valence-corrected chi connectivity index (χ3v) is 4.19. The van der Waals surface area contributed by atoms with Gasteiger partial charge in [-0.25, -0.2) is 0 Å². The Morgan fingerprint density at radius 2 is 1.53 bits per heavy atom. The maximum atomic E-state index is 5.97. The van der Waals surface area contributed by atoms with Crippen molar-refractivity contribution in [3.8, 4) is 0 Å². The average molecular weight is 241 g/mol. The highest BCUT2D eigenvalue weighted by atomic mass is 15.3. The highest BCUT2D eigenvalue weighted by Crippen LogP contribution is 2.18. The predicted octanol–water partition coefficient (Wildman–Crippen LogP) is 1.78. The van der Waals surface area contributed by atoms with E-state index in [0.717, 1.165) is 12.5 Å². The van der Waals surface area contributed by atoms with Gasteiger partial charge < -0.3 is 5.73 Å². The van der Waals surface area contributed by atoms with Crippen LogP contribution in [0.25, 0.3) is 0 Å². The second-order valence-corrected chi connectivity index (χ2v) is 5.73. The third kappa shape index (κ3) is 4.23. The first-order valence-electron chi connectivity index (χ1n) is 7.28. The van der Waals surface area contributed by atoms with E-state index in [-0.39, 0.29) is 0 Å². The largest absolute Gasteiger partial charge is 0.329 e. The highest BCUT2D eigenvalue weighted by molar-refractivity contribution is 4.83. The fraction of sp³-hybridized carbons (Fsp3) is 1.00. The molecular formula is C14H31N3. The molecule has 0 bridgehead atoms. The maximum Gasteiger partial charge on any atom is 0.0245 e. The van der Waals surface area contributed by atoms with Gasteiger partial charge in [-0.05, 0) is 26.2 Å². The molecule has 0 aliphatic carbocycles. The van der Waals surface area contributed by atoms with Crippen molar-refractivity contribution in [3.63, 3.8) is 0 Å². The first kappa shape index (κ1) is 14.9. The first-order valence-corrected chi connectivity index (χ1v) is 7.28. The van der Waals surface area contributed by atoms with E-state index >= 15 is 0 Å². The van der Waals surface area contributed by atoms with Crippen LogP contribution in [-0.2, 0) is 0 Å². The average Bonchev–Trinajstić information content (AvgIpc) is 2.31. The summed E-state index contributed by atoms with van der Waals surface area (Å²) < 4.78 is 0. The van der Waals surface area contributed by atoms with Gasteiger partial charge in [0.05, 0.1) is 0 Å². The lowest BCUT2D eigenvalue weighted by Crippen LogP contribution is -2.55. The summed E-state index contributed by atoms with van der Waals surface area (Å²) in [5.74, 6) is 0.732. The Hall–Kier alpha value is -0.120. The minimum absolute atomic E-state index is 0.587. The van der Waals surface area contributed by atoms with E-state index in [1.807, 2.05) is 0 Å². The van der Waals surface area contributed by atoms with Crippen molar-refractivity contribution in [2.45, 2.75) is 52.6 Å². The topological polar surface area (TPSA) is 32.5 Å². The second-order valence-electron chi connectivity index (χ2n) is 5.73. The summed E-state index contributed by atoms with van der Waals surface area (Å²) in [6, 6.07) is 1.27. The van der Waals surface area contributed by atoms with Crippen molar-refractivity contribution in [2.75, 3.05) is 32.7 Å². The van der Waals surface area contributed by atoms with Gasteiger partial charge in [-0.15, -0.1) is 0 Å². The van der Waals surface area contributed by atoms with Gasteiger partial charge in [0.15, 0.2) is 0 Å². The number of hydrogen-bond acceptors (Lipinski definition) is 3. The van der Waals surface area contributed by atoms with Gasteiger partial charge in [0, 0.05) is 44.8 Å². The van der Waals surface area contributed by atoms with E-state index in [4.69, 9.17) is 5.73 Å². The lowest BCUT2D eigenvalue weighted by molar-refractivity contribution is 0.0601. The molecule has 0 aromatic rings. The van der Waals surface area contributed by atoms with Crippen LogP contribution in [0, 0.1) is 5.92 Å². The molecule has 0 aromatic carbocycles. The monoisotopic (exact) mass is 241 g/mol. The fourth-order valence-electron chi connectivity index (χ4n) is 2.97. The summed E-state index contributed by atoms with van der Waals surface area (Å²) in [4.78, 5) is 5.17. The van der Waals surface area contributed by atoms with Crippen LogP contribution in [0.1, 0.15) is 40.5 Å². The number of nitrogens with two attached hydrogens (primary N) is 1. The molecule has 1 fully saturated rings. The van der Waals surface area contributed by atoms with Crippen molar-refractivity contribution in [3.05, 3.63) is 0 Å². The third-order valence-electron chi connectivity index (χ3n) is 4.19. The van der Waals surface area contributed by atoms with E-state index in [9.17, 15) is 0 Å². The van der Waals surface area contributed by atoms with Gasteiger partial charge in [-0.3, -0.25) is 9.80 Å². The Morgan fingerprint density at radius 1 is 1.00 bits per heavy atom. The molecule has 1 aliphatic rings. The van der Waals surface area contributed by atoms with Crippen LogP contribution in [0.2, 0.25) is 0 Å². The van der Waals surface area contributed by atoms with Gasteiger partial charge in [-0.2, -0.15) is 0 Å². The van der Waals surface area contributed by atoms with E-state index in [1.165, 1.54) is 39.0 Å². The summed E-state index contributed by atoms with van der Waals surface area (Å²) in [5.41, 5.74) is 5.97. The molecule has 2 unspecified atom stereocenters. The van der Waals surface area contributed by atoms with Crippen LogP contribution >= 0.6 is 0 Å². The minimum atomic E-state index is 0.587. The number of rotatable bonds is 6. The lowest BCUT2D eigenvalue weighted by atomic mass is 9.95. The zero-order chi connectivity index (χ0) is 12.8. The van der Waals surface area contributed by atoms with Gasteiger partial charge >= 0.3 is 0 Å². The Labute approximate surface area is 107 Å². The molecule has 0 saturated carbocycles. The van der Waals surface area contributed by atoms with Gasteiger partial charge in [-0.1, -0.05) is 20.3 Å². The van der Waals surface area contributed by atoms with E-state index < -0.39 is 0 Å². The standard InChI is InChI=1S/C14H31N3/c1-5-6-13(4)14(11-15)17-9-7-16(8-10-17)12(2)3/h12-14H,5-11,15H2,1-4H3. The maximum absolute atomic E-state index is 5.97. The van der Waals surface area contributed by atoms with Crippen LogP contribution in [0.15, 0.2) is 0 Å². The Balaban J connectivity index is 2.44. The van der Waals surface area contributed by atoms with Crippen LogP contribution in [-0.4, -0.2) is 54.6 Å². The van der Waals surface area contributed by atoms with Gasteiger partial charge in [0.25, 0.3) is 0 Å². The Kier molecular flexibility index (Phi) is 6.45. The molecule has 0 amide bonds. The first-order chi connectivity index (χ1) is 8.10. The lowest BCUT2D eigenvalue weighted by Gasteiger charge is -2.42. The molecule has 0 aromatic heterocycles. The summed E-state index contributed by atoms with van der Waals surface area (Å²) in [6.07, 6.45) is 2.57. The molecule has 1 aliphatic heterocycles. The van der Waals surface area contributed by atoms with Crippen molar-refractivity contribution >= 4 is 0 Å². The fourth-order valence-corrected chi connectivity index (χ4v) is 2.97. The van der Waals surface area contributed by atoms with Crippen molar-refractivity contribution in [1.82, 2.24) is 9.80 Å². The van der Waals surface area contributed by atoms with Crippen LogP contribution in [0.5, 0.6) is 0 Å². The molecule has 2 atom stereocenters. The minimum Gasteiger partial charge on any atom is -0.329 e. The molecule has 3 heteroatoms. The normalized spacial score (nSPS) is 22.9. The summed E-state index contributed by atoms with van der Waals surface area (Å²) in [7, 11) is 0. The number of nitrogens with zero attached hydrogens (tertiary/aromatic N) is 2. The molecule has 17 heavy (non-hydrogen) atoms. The Bertz CT molecular complexity index is 198. The number of piperazine rings is 1. The highest BCUT2D eigenvalue weighted by Gasteiger charge is 2.26. The van der Waals surface area contributed by atoms with E-state index in [0.29, 0.717) is 12.1 Å². The molecule has 2 N–H and O–H groups in total. The zero-order valence-electron chi connectivity index (χ0n) is 12.2. The number of hydrogen-bond donors (Lipinski definition) is 1. The second kappa shape index (κ2) is 7.34. The summed E-state index contributed by atoms with van der Waals surface area (Å²) in [5, 5.41) is 0. The van der Waals surface area contributed by atoms with Crippen molar-refractivity contribution in [2.24, 2.45) is 11.7 Å². The molecule has 0 spiro atoms. The van der Waals surface area contributed by atoms with Gasteiger partial charge in [0.2, 0.25) is 0 Å². The molecule has 1 rings (SSSR count). The quantitative estimate of drug-likeness (QED) is 0.769. The zero-order valence-corrected chi connectivity index (χ0v) is 12.2. The molecular weight excluding hydrogens is 210 g/mol. The molecule has 3 nitrogen and oxygen atoms in total. The SMILES string of the molecule is CCCC(C)C(CN)N1CCN(C(C)C)CC1. The van der Waals surface area contributed by atoms with Gasteiger partial charge in [0.1, 0.15) is 0 Å². The smallest absolute Gasteiger partial charge is 0.0245 e. The summed E-state index contributed by atoms with van der Waals surface area (Å²) in [6.45, 7) is 14.8. The Morgan fingerprint density at radius 3 is 1.94 bits per heavy atom. The molecule has 0 radical (unpaired) electrons. The summed E-state index contributed by atoms with van der Waals surface area (Å²) >= 11 is 0. The van der Waals surface area contributed by atoms with Crippen molar-refractivity contribution in [1.29, 1.82) is 0 Å². The molecule has 102 valence electrons. The van der Waals surface area contributed by atoms with Crippen molar-refractivity contribution < 1.29 is 0 Å². The van der Waals surface area contributed by atoms with E-state index in [2.05, 4.69) is 37.5 Å². The molecule has 1 heterocycles. The molecule has 1 saturated heterocycles. The van der Waals surface area contributed by atoms with Crippen LogP contribution in [0.3, 0.4) is 0 Å².